The maximum absolute atomic E-state index is 13.7. The summed E-state index contributed by atoms with van der Waals surface area (Å²) in [4.78, 5) is 19.2. The van der Waals surface area contributed by atoms with Crippen molar-refractivity contribution in [3.63, 3.8) is 0 Å². The quantitative estimate of drug-likeness (QED) is 0.407. The normalized spacial score (nSPS) is 11.2. The summed E-state index contributed by atoms with van der Waals surface area (Å²) in [6, 6.07) is 12.3. The number of methoxy groups -OCH3 is 1. The first kappa shape index (κ1) is 20.3. The lowest BCUT2D eigenvalue weighted by Gasteiger charge is -2.13. The van der Waals surface area contributed by atoms with Gasteiger partial charge in [-0.15, -0.1) is 11.3 Å². The fourth-order valence-electron chi connectivity index (χ4n) is 3.69. The van der Waals surface area contributed by atoms with Gasteiger partial charge in [-0.2, -0.15) is 0 Å². The molecule has 6 heteroatoms. The zero-order chi connectivity index (χ0) is 21.3. The number of aryl methyl sites for hydroxylation is 2. The second kappa shape index (κ2) is 8.40. The van der Waals surface area contributed by atoms with Crippen molar-refractivity contribution in [2.45, 2.75) is 33.2 Å². The molecule has 0 aliphatic rings. The van der Waals surface area contributed by atoms with E-state index >= 15 is 0 Å². The van der Waals surface area contributed by atoms with E-state index in [0.717, 1.165) is 39.3 Å². The fraction of sp³-hybridized carbons (Fsp3) is 0.250. The minimum atomic E-state index is -0.313. The molecule has 2 heterocycles. The van der Waals surface area contributed by atoms with Crippen molar-refractivity contribution in [2.75, 3.05) is 7.11 Å². The predicted octanol–water partition coefficient (Wildman–Crippen LogP) is 5.58. The molecule has 0 saturated heterocycles. The van der Waals surface area contributed by atoms with Crippen LogP contribution >= 0.6 is 11.3 Å². The number of halogens is 1. The largest absolute Gasteiger partial charge is 0.496 e. The highest BCUT2D eigenvalue weighted by Crippen LogP contribution is 2.37. The molecule has 4 rings (SSSR count). The summed E-state index contributed by atoms with van der Waals surface area (Å²) in [7, 11) is 1.63. The molecule has 0 amide bonds. The Labute approximate surface area is 178 Å². The molecule has 4 nitrogen and oxygen atoms in total. The summed E-state index contributed by atoms with van der Waals surface area (Å²) in [6.07, 6.45) is 1.55. The first-order valence-electron chi connectivity index (χ1n) is 9.92. The van der Waals surface area contributed by atoms with Crippen LogP contribution in [0.5, 0.6) is 5.75 Å². The summed E-state index contributed by atoms with van der Waals surface area (Å²) >= 11 is 1.47. The Morgan fingerprint density at radius 3 is 2.73 bits per heavy atom. The smallest absolute Gasteiger partial charge is 0.263 e. The molecule has 154 valence electrons. The first-order chi connectivity index (χ1) is 14.5. The third-order valence-electron chi connectivity index (χ3n) is 5.12. The molecular weight excluding hydrogens is 399 g/mol. The molecular formula is C24H23FN2O2S. The Bertz CT molecular complexity index is 1280. The van der Waals surface area contributed by atoms with Gasteiger partial charge in [0.05, 0.1) is 19.0 Å². The standard InChI is InChI=1S/C24H23FN2O2S/c1-4-6-21-26-23-22(24(28)27(21)13-16-7-5-8-17(25)12-16)19(14-30-23)18-11-15(2)9-10-20(18)29-3/h5,7-12,14H,4,6,13H2,1-3H3. The highest BCUT2D eigenvalue weighted by atomic mass is 32.1. The van der Waals surface area contributed by atoms with E-state index in [2.05, 4.69) is 6.92 Å². The number of benzene rings is 2. The van der Waals surface area contributed by atoms with Gasteiger partial charge in [0, 0.05) is 22.9 Å². The van der Waals surface area contributed by atoms with Crippen LogP contribution in [0.2, 0.25) is 0 Å². The van der Waals surface area contributed by atoms with E-state index in [0.29, 0.717) is 17.6 Å². The van der Waals surface area contributed by atoms with Crippen LogP contribution in [0.3, 0.4) is 0 Å². The lowest BCUT2D eigenvalue weighted by atomic mass is 10.0. The van der Waals surface area contributed by atoms with Gasteiger partial charge in [-0.25, -0.2) is 9.37 Å². The van der Waals surface area contributed by atoms with Crippen molar-refractivity contribution >= 4 is 21.6 Å². The zero-order valence-electron chi connectivity index (χ0n) is 17.2. The molecule has 0 radical (unpaired) electrons. The number of fused-ring (bicyclic) bond motifs is 1. The lowest BCUT2D eigenvalue weighted by molar-refractivity contribution is 0.416. The van der Waals surface area contributed by atoms with Crippen LogP contribution in [0.25, 0.3) is 21.3 Å². The topological polar surface area (TPSA) is 44.1 Å². The van der Waals surface area contributed by atoms with Crippen LogP contribution in [0, 0.1) is 12.7 Å². The van der Waals surface area contributed by atoms with Gasteiger partial charge in [-0.1, -0.05) is 30.7 Å². The Balaban J connectivity index is 1.95. The van der Waals surface area contributed by atoms with Gasteiger partial charge in [-0.05, 0) is 43.2 Å². The van der Waals surface area contributed by atoms with Gasteiger partial charge in [0.25, 0.3) is 5.56 Å². The van der Waals surface area contributed by atoms with Crippen molar-refractivity contribution in [3.05, 3.63) is 81.0 Å². The molecule has 0 saturated carbocycles. The van der Waals surface area contributed by atoms with E-state index in [4.69, 9.17) is 9.72 Å². The lowest BCUT2D eigenvalue weighted by Crippen LogP contribution is -2.26. The minimum Gasteiger partial charge on any atom is -0.496 e. The van der Waals surface area contributed by atoms with Crippen molar-refractivity contribution in [1.82, 2.24) is 9.55 Å². The highest BCUT2D eigenvalue weighted by Gasteiger charge is 2.19. The summed E-state index contributed by atoms with van der Waals surface area (Å²) in [6.45, 7) is 4.35. The molecule has 30 heavy (non-hydrogen) atoms. The monoisotopic (exact) mass is 422 g/mol. The third kappa shape index (κ3) is 3.75. The average Bonchev–Trinajstić information content (AvgIpc) is 3.15. The number of aromatic nitrogens is 2. The Morgan fingerprint density at radius 1 is 1.17 bits per heavy atom. The van der Waals surface area contributed by atoms with Gasteiger partial charge < -0.3 is 4.74 Å². The summed E-state index contributed by atoms with van der Waals surface area (Å²) in [5, 5.41) is 2.55. The van der Waals surface area contributed by atoms with E-state index in [1.54, 1.807) is 17.7 Å². The van der Waals surface area contributed by atoms with Gasteiger partial charge in [0.15, 0.2) is 0 Å². The molecule has 2 aromatic carbocycles. The van der Waals surface area contributed by atoms with Gasteiger partial charge >= 0.3 is 0 Å². The molecule has 0 aliphatic heterocycles. The van der Waals surface area contributed by atoms with Crippen molar-refractivity contribution < 1.29 is 9.13 Å². The second-order valence-corrected chi connectivity index (χ2v) is 8.19. The van der Waals surface area contributed by atoms with Crippen LogP contribution in [0.15, 0.2) is 52.6 Å². The van der Waals surface area contributed by atoms with Crippen LogP contribution < -0.4 is 10.3 Å². The number of rotatable bonds is 6. The molecule has 0 fully saturated rings. The maximum Gasteiger partial charge on any atom is 0.263 e. The minimum absolute atomic E-state index is 0.104. The van der Waals surface area contributed by atoms with Crippen LogP contribution in [0.4, 0.5) is 4.39 Å². The number of thiophene rings is 1. The predicted molar refractivity (Wildman–Crippen MR) is 120 cm³/mol. The molecule has 0 spiro atoms. The second-order valence-electron chi connectivity index (χ2n) is 7.33. The van der Waals surface area contributed by atoms with E-state index in [1.165, 1.54) is 23.5 Å². The number of nitrogens with zero attached hydrogens (tertiary/aromatic N) is 2. The molecule has 0 N–H and O–H groups in total. The highest BCUT2D eigenvalue weighted by molar-refractivity contribution is 7.17. The summed E-state index contributed by atoms with van der Waals surface area (Å²) < 4.78 is 20.9. The molecule has 4 aromatic rings. The summed E-state index contributed by atoms with van der Waals surface area (Å²) in [5.41, 5.74) is 3.42. The SMILES string of the molecule is CCCc1nc2scc(-c3cc(C)ccc3OC)c2c(=O)n1Cc1cccc(F)c1. The Kier molecular flexibility index (Phi) is 5.68. The number of hydrogen-bond acceptors (Lipinski definition) is 4. The van der Waals surface area contributed by atoms with Crippen LogP contribution in [-0.4, -0.2) is 16.7 Å². The number of hydrogen-bond donors (Lipinski definition) is 0. The first-order valence-corrected chi connectivity index (χ1v) is 10.8. The van der Waals surface area contributed by atoms with E-state index in [9.17, 15) is 9.18 Å². The molecule has 0 unspecified atom stereocenters. The summed E-state index contributed by atoms with van der Waals surface area (Å²) in [5.74, 6) is 1.13. The zero-order valence-corrected chi connectivity index (χ0v) is 18.1. The maximum atomic E-state index is 13.7. The van der Waals surface area contributed by atoms with E-state index < -0.39 is 0 Å². The van der Waals surface area contributed by atoms with Gasteiger partial charge in [-0.3, -0.25) is 9.36 Å². The van der Waals surface area contributed by atoms with Gasteiger partial charge in [0.2, 0.25) is 0 Å². The van der Waals surface area contributed by atoms with E-state index in [-0.39, 0.29) is 17.9 Å². The molecule has 0 atom stereocenters. The number of ether oxygens (including phenoxy) is 1. The van der Waals surface area contributed by atoms with Crippen LogP contribution in [-0.2, 0) is 13.0 Å². The molecule has 0 bridgehead atoms. The average molecular weight is 423 g/mol. The van der Waals surface area contributed by atoms with Crippen LogP contribution in [0.1, 0.15) is 30.3 Å². The van der Waals surface area contributed by atoms with Gasteiger partial charge in [0.1, 0.15) is 22.2 Å². The molecule has 0 aliphatic carbocycles. The van der Waals surface area contributed by atoms with E-state index in [1.807, 2.05) is 36.6 Å². The van der Waals surface area contributed by atoms with Crippen molar-refractivity contribution in [2.24, 2.45) is 0 Å². The Morgan fingerprint density at radius 2 is 2.00 bits per heavy atom. The molecule has 2 aromatic heterocycles. The fourth-order valence-corrected chi connectivity index (χ4v) is 4.64. The third-order valence-corrected chi connectivity index (χ3v) is 5.99. The van der Waals surface area contributed by atoms with Crippen molar-refractivity contribution in [3.8, 4) is 16.9 Å². The van der Waals surface area contributed by atoms with Crippen molar-refractivity contribution in [1.29, 1.82) is 0 Å². The Hall–Kier alpha value is -2.99.